The van der Waals surface area contributed by atoms with Crippen molar-refractivity contribution in [3.8, 4) is 0 Å². The quantitative estimate of drug-likeness (QED) is 0.746. The summed E-state index contributed by atoms with van der Waals surface area (Å²) in [6, 6.07) is 0.727. The molecule has 4 heteroatoms. The standard InChI is InChI=1S/C18H33N3O/c1-4-7-16(3)18(22)21-11-6-10-20(14-15-21)17-8-12-19(5-2)13-9-17/h7,17H,4-6,8-15H2,1-3H3. The first kappa shape index (κ1) is 17.5. The molecule has 2 aliphatic rings. The van der Waals surface area contributed by atoms with Gasteiger partial charge in [0.25, 0.3) is 0 Å². The number of hydrogen-bond acceptors (Lipinski definition) is 3. The number of carbonyl (C=O) groups is 1. The normalized spacial score (nSPS) is 23.6. The molecule has 0 N–H and O–H groups in total. The van der Waals surface area contributed by atoms with E-state index in [1.165, 1.54) is 32.5 Å². The Morgan fingerprint density at radius 2 is 1.77 bits per heavy atom. The Morgan fingerprint density at radius 3 is 2.41 bits per heavy atom. The fourth-order valence-electron chi connectivity index (χ4n) is 3.75. The van der Waals surface area contributed by atoms with Gasteiger partial charge in [-0.25, -0.2) is 0 Å². The van der Waals surface area contributed by atoms with Crippen LogP contribution in [0.4, 0.5) is 0 Å². The van der Waals surface area contributed by atoms with Gasteiger partial charge in [-0.3, -0.25) is 9.69 Å². The predicted molar refractivity (Wildman–Crippen MR) is 92.0 cm³/mol. The van der Waals surface area contributed by atoms with E-state index in [1.54, 1.807) is 0 Å². The topological polar surface area (TPSA) is 26.8 Å². The molecule has 0 atom stereocenters. The van der Waals surface area contributed by atoms with Crippen LogP contribution < -0.4 is 0 Å². The van der Waals surface area contributed by atoms with Crippen molar-refractivity contribution in [3.05, 3.63) is 11.6 Å². The molecule has 2 fully saturated rings. The zero-order valence-corrected chi connectivity index (χ0v) is 14.7. The molecule has 0 aliphatic carbocycles. The molecule has 2 heterocycles. The Kier molecular flexibility index (Phi) is 6.90. The fraction of sp³-hybridized carbons (Fsp3) is 0.833. The molecule has 4 nitrogen and oxygen atoms in total. The number of hydrogen-bond donors (Lipinski definition) is 0. The molecule has 22 heavy (non-hydrogen) atoms. The third-order valence-corrected chi connectivity index (χ3v) is 5.19. The summed E-state index contributed by atoms with van der Waals surface area (Å²) in [5.41, 5.74) is 0.909. The summed E-state index contributed by atoms with van der Waals surface area (Å²) in [6.45, 7) is 13.9. The van der Waals surface area contributed by atoms with Crippen molar-refractivity contribution in [1.82, 2.24) is 14.7 Å². The number of piperidine rings is 1. The zero-order valence-electron chi connectivity index (χ0n) is 14.7. The van der Waals surface area contributed by atoms with Crippen molar-refractivity contribution in [2.45, 2.75) is 52.5 Å². The van der Waals surface area contributed by atoms with Crippen molar-refractivity contribution in [2.24, 2.45) is 0 Å². The summed E-state index contributed by atoms with van der Waals surface area (Å²) < 4.78 is 0. The van der Waals surface area contributed by atoms with Crippen molar-refractivity contribution >= 4 is 5.91 Å². The lowest BCUT2D eigenvalue weighted by atomic mass is 10.0. The van der Waals surface area contributed by atoms with Crippen molar-refractivity contribution in [3.63, 3.8) is 0 Å². The number of carbonyl (C=O) groups excluding carboxylic acids is 1. The summed E-state index contributed by atoms with van der Waals surface area (Å²) in [4.78, 5) is 19.7. The number of amides is 1. The highest BCUT2D eigenvalue weighted by Crippen LogP contribution is 2.18. The number of nitrogens with zero attached hydrogens (tertiary/aromatic N) is 3. The summed E-state index contributed by atoms with van der Waals surface area (Å²) in [5.74, 6) is 0.240. The molecule has 1 amide bonds. The molecule has 2 saturated heterocycles. The van der Waals surface area contributed by atoms with Crippen molar-refractivity contribution in [1.29, 1.82) is 0 Å². The van der Waals surface area contributed by atoms with E-state index in [2.05, 4.69) is 28.5 Å². The van der Waals surface area contributed by atoms with Gasteiger partial charge in [0.1, 0.15) is 0 Å². The average Bonchev–Trinajstić information content (AvgIpc) is 2.80. The van der Waals surface area contributed by atoms with E-state index in [9.17, 15) is 4.79 Å². The van der Waals surface area contributed by atoms with Gasteiger partial charge in [-0.1, -0.05) is 19.9 Å². The summed E-state index contributed by atoms with van der Waals surface area (Å²) in [7, 11) is 0. The maximum absolute atomic E-state index is 12.4. The van der Waals surface area contributed by atoms with E-state index in [4.69, 9.17) is 0 Å². The van der Waals surface area contributed by atoms with Crippen LogP contribution in [0.2, 0.25) is 0 Å². The minimum absolute atomic E-state index is 0.240. The molecule has 2 rings (SSSR count). The van der Waals surface area contributed by atoms with E-state index in [0.29, 0.717) is 0 Å². The second kappa shape index (κ2) is 8.68. The van der Waals surface area contributed by atoms with Gasteiger partial charge in [0, 0.05) is 37.8 Å². The maximum atomic E-state index is 12.4. The lowest BCUT2D eigenvalue weighted by Crippen LogP contribution is -2.46. The van der Waals surface area contributed by atoms with Crippen LogP contribution in [0.1, 0.15) is 46.5 Å². The lowest BCUT2D eigenvalue weighted by Gasteiger charge is -2.37. The molecular formula is C18H33N3O. The third-order valence-electron chi connectivity index (χ3n) is 5.19. The molecular weight excluding hydrogens is 274 g/mol. The molecule has 2 aliphatic heterocycles. The van der Waals surface area contributed by atoms with Gasteiger partial charge in [0.2, 0.25) is 5.91 Å². The van der Waals surface area contributed by atoms with Crippen LogP contribution in [-0.4, -0.2) is 72.5 Å². The van der Waals surface area contributed by atoms with E-state index in [1.807, 2.05) is 13.0 Å². The summed E-state index contributed by atoms with van der Waals surface area (Å²) >= 11 is 0. The van der Waals surface area contributed by atoms with Crippen LogP contribution >= 0.6 is 0 Å². The Morgan fingerprint density at radius 1 is 1.05 bits per heavy atom. The highest BCUT2D eigenvalue weighted by Gasteiger charge is 2.27. The van der Waals surface area contributed by atoms with Gasteiger partial charge in [-0.2, -0.15) is 0 Å². The Hall–Kier alpha value is -0.870. The predicted octanol–water partition coefficient (Wildman–Crippen LogP) is 2.36. The van der Waals surface area contributed by atoms with E-state index >= 15 is 0 Å². The number of likely N-dealkylation sites (tertiary alicyclic amines) is 1. The lowest BCUT2D eigenvalue weighted by molar-refractivity contribution is -0.127. The second-order valence-corrected chi connectivity index (χ2v) is 6.64. The van der Waals surface area contributed by atoms with Crippen LogP contribution in [0.25, 0.3) is 0 Å². The first-order valence-electron chi connectivity index (χ1n) is 9.08. The van der Waals surface area contributed by atoms with E-state index in [-0.39, 0.29) is 5.91 Å². The van der Waals surface area contributed by atoms with Crippen LogP contribution in [0, 0.1) is 0 Å². The Labute approximate surface area is 136 Å². The first-order chi connectivity index (χ1) is 10.7. The van der Waals surface area contributed by atoms with Gasteiger partial charge in [-0.15, -0.1) is 0 Å². The van der Waals surface area contributed by atoms with E-state index < -0.39 is 0 Å². The minimum atomic E-state index is 0.240. The molecule has 0 aromatic heterocycles. The molecule has 0 radical (unpaired) electrons. The molecule has 0 aromatic rings. The second-order valence-electron chi connectivity index (χ2n) is 6.64. The monoisotopic (exact) mass is 307 g/mol. The average molecular weight is 307 g/mol. The minimum Gasteiger partial charge on any atom is -0.338 e. The van der Waals surface area contributed by atoms with Crippen molar-refractivity contribution in [2.75, 3.05) is 45.8 Å². The molecule has 0 spiro atoms. The molecule has 0 unspecified atom stereocenters. The van der Waals surface area contributed by atoms with E-state index in [0.717, 1.165) is 50.6 Å². The van der Waals surface area contributed by atoms with Gasteiger partial charge in [0.15, 0.2) is 0 Å². The van der Waals surface area contributed by atoms with Gasteiger partial charge >= 0.3 is 0 Å². The highest BCUT2D eigenvalue weighted by molar-refractivity contribution is 5.92. The largest absolute Gasteiger partial charge is 0.338 e. The maximum Gasteiger partial charge on any atom is 0.249 e. The van der Waals surface area contributed by atoms with Gasteiger partial charge in [-0.05, 0) is 52.2 Å². The Balaban J connectivity index is 1.85. The zero-order chi connectivity index (χ0) is 15.9. The summed E-state index contributed by atoms with van der Waals surface area (Å²) in [6.07, 6.45) is 6.67. The van der Waals surface area contributed by atoms with Gasteiger partial charge in [0.05, 0.1) is 0 Å². The third kappa shape index (κ3) is 4.56. The molecule has 126 valence electrons. The smallest absolute Gasteiger partial charge is 0.249 e. The molecule has 0 aromatic carbocycles. The molecule has 0 bridgehead atoms. The SMILES string of the molecule is CCC=C(C)C(=O)N1CCCN(C2CCN(CC)CC2)CC1. The van der Waals surface area contributed by atoms with Crippen LogP contribution in [-0.2, 0) is 4.79 Å². The van der Waals surface area contributed by atoms with Crippen LogP contribution in [0.15, 0.2) is 11.6 Å². The number of allylic oxidation sites excluding steroid dienone is 1. The highest BCUT2D eigenvalue weighted by atomic mass is 16.2. The van der Waals surface area contributed by atoms with Crippen molar-refractivity contribution < 1.29 is 4.79 Å². The molecule has 0 saturated carbocycles. The van der Waals surface area contributed by atoms with Crippen LogP contribution in [0.5, 0.6) is 0 Å². The van der Waals surface area contributed by atoms with Gasteiger partial charge < -0.3 is 9.80 Å². The van der Waals surface area contributed by atoms with Crippen LogP contribution in [0.3, 0.4) is 0 Å². The Bertz CT molecular complexity index is 386. The fourth-order valence-corrected chi connectivity index (χ4v) is 3.75. The first-order valence-corrected chi connectivity index (χ1v) is 9.08. The number of rotatable bonds is 4. The summed E-state index contributed by atoms with van der Waals surface area (Å²) in [5, 5.41) is 0.